The second kappa shape index (κ2) is 11.1. The monoisotopic (exact) mass is 563 g/mol. The number of alkyl halides is 3. The van der Waals surface area contributed by atoms with Crippen molar-refractivity contribution in [3.05, 3.63) is 101 Å². The van der Waals surface area contributed by atoms with Crippen LogP contribution >= 0.6 is 0 Å². The molecule has 0 saturated heterocycles. The van der Waals surface area contributed by atoms with Gasteiger partial charge in [-0.25, -0.2) is 0 Å². The first-order valence-corrected chi connectivity index (χ1v) is 13.0. The highest BCUT2D eigenvalue weighted by Gasteiger charge is 2.41. The Bertz CT molecular complexity index is 1510. The summed E-state index contributed by atoms with van der Waals surface area (Å²) in [7, 11) is 1.52. The third-order valence-corrected chi connectivity index (χ3v) is 7.44. The van der Waals surface area contributed by atoms with E-state index in [1.165, 1.54) is 24.1 Å². The fraction of sp³-hybridized carbons (Fsp3) is 0.258. The molecule has 1 aliphatic heterocycles. The minimum absolute atomic E-state index is 0.0238. The Labute approximate surface area is 234 Å². The van der Waals surface area contributed by atoms with Crippen LogP contribution in [0.2, 0.25) is 0 Å². The number of allylic oxidation sites excluding steroid dienone is 1. The van der Waals surface area contributed by atoms with Gasteiger partial charge >= 0.3 is 6.18 Å². The SMILES string of the molecule is COc1ccc([C@@H]2C3=C(C[C@@H](c4ccc(C(F)(F)F)cc4)CC3=O)Nc3ccccc3N2C(=O)CCC(=O)[O-])cc1. The number of carboxylic acid groups (broad SMARTS) is 1. The molecule has 7 nitrogen and oxygen atoms in total. The Morgan fingerprint density at radius 1 is 0.951 bits per heavy atom. The number of ketones is 1. The van der Waals surface area contributed by atoms with E-state index in [1.807, 2.05) is 0 Å². The van der Waals surface area contributed by atoms with E-state index < -0.39 is 36.1 Å². The van der Waals surface area contributed by atoms with Gasteiger partial charge < -0.3 is 20.0 Å². The number of rotatable bonds is 6. The zero-order valence-electron chi connectivity index (χ0n) is 22.0. The van der Waals surface area contributed by atoms with Crippen LogP contribution in [0, 0.1) is 0 Å². The number of ether oxygens (including phenoxy) is 1. The van der Waals surface area contributed by atoms with Gasteiger partial charge in [-0.1, -0.05) is 36.4 Å². The molecule has 1 amide bonds. The summed E-state index contributed by atoms with van der Waals surface area (Å²) < 4.78 is 44.7. The van der Waals surface area contributed by atoms with E-state index in [0.717, 1.165) is 12.1 Å². The number of fused-ring (bicyclic) bond motifs is 1. The first-order valence-electron chi connectivity index (χ1n) is 13.0. The molecule has 3 aromatic rings. The van der Waals surface area contributed by atoms with Crippen molar-refractivity contribution in [3.63, 3.8) is 0 Å². The molecule has 212 valence electrons. The Kier molecular flexibility index (Phi) is 7.57. The fourth-order valence-electron chi connectivity index (χ4n) is 5.48. The predicted octanol–water partition coefficient (Wildman–Crippen LogP) is 5.14. The number of hydrogen-bond acceptors (Lipinski definition) is 6. The number of anilines is 2. The smallest absolute Gasteiger partial charge is 0.416 e. The Hall–Kier alpha value is -4.60. The molecule has 10 heteroatoms. The highest BCUT2D eigenvalue weighted by Crippen LogP contribution is 2.48. The molecule has 1 heterocycles. The largest absolute Gasteiger partial charge is 0.550 e. The molecule has 1 aliphatic carbocycles. The van der Waals surface area contributed by atoms with Gasteiger partial charge in [0.05, 0.1) is 30.1 Å². The molecular weight excluding hydrogens is 537 g/mol. The fourth-order valence-corrected chi connectivity index (χ4v) is 5.48. The minimum Gasteiger partial charge on any atom is -0.550 e. The van der Waals surface area contributed by atoms with Crippen LogP contribution < -0.4 is 20.1 Å². The van der Waals surface area contributed by atoms with Crippen molar-refractivity contribution < 1.29 is 37.4 Å². The zero-order chi connectivity index (χ0) is 29.3. The lowest BCUT2D eigenvalue weighted by atomic mass is 9.78. The van der Waals surface area contributed by atoms with Crippen molar-refractivity contribution >= 4 is 29.0 Å². The summed E-state index contributed by atoms with van der Waals surface area (Å²) in [5.74, 6) is -1.96. The van der Waals surface area contributed by atoms with Gasteiger partial charge in [-0.05, 0) is 66.3 Å². The number of hydrogen-bond donors (Lipinski definition) is 1. The molecule has 5 rings (SSSR count). The number of benzene rings is 3. The average molecular weight is 564 g/mol. The molecule has 0 bridgehead atoms. The summed E-state index contributed by atoms with van der Waals surface area (Å²) in [6.45, 7) is 0. The number of carboxylic acids is 1. The number of amides is 1. The maximum absolute atomic E-state index is 13.9. The van der Waals surface area contributed by atoms with Gasteiger partial charge in [-0.15, -0.1) is 0 Å². The molecule has 1 N–H and O–H groups in total. The first kappa shape index (κ1) is 27.9. The molecule has 3 aromatic carbocycles. The van der Waals surface area contributed by atoms with E-state index >= 15 is 0 Å². The van der Waals surface area contributed by atoms with E-state index in [4.69, 9.17) is 4.74 Å². The van der Waals surface area contributed by atoms with Crippen molar-refractivity contribution in [1.82, 2.24) is 0 Å². The van der Waals surface area contributed by atoms with Gasteiger partial charge in [0.1, 0.15) is 5.75 Å². The Morgan fingerprint density at radius 2 is 1.61 bits per heavy atom. The van der Waals surface area contributed by atoms with Crippen LogP contribution in [0.4, 0.5) is 24.5 Å². The Balaban J connectivity index is 1.63. The van der Waals surface area contributed by atoms with Crippen LogP contribution in [0.15, 0.2) is 84.1 Å². The third kappa shape index (κ3) is 5.68. The molecule has 0 radical (unpaired) electrons. The average Bonchev–Trinajstić information content (AvgIpc) is 3.10. The van der Waals surface area contributed by atoms with E-state index in [0.29, 0.717) is 45.9 Å². The van der Waals surface area contributed by atoms with Gasteiger partial charge in [-0.3, -0.25) is 14.5 Å². The maximum atomic E-state index is 13.9. The molecule has 2 atom stereocenters. The molecular formula is C31H26F3N2O5-. The molecule has 0 aromatic heterocycles. The van der Waals surface area contributed by atoms with Gasteiger partial charge in [-0.2, -0.15) is 13.2 Å². The van der Waals surface area contributed by atoms with Gasteiger partial charge in [0.2, 0.25) is 5.91 Å². The third-order valence-electron chi connectivity index (χ3n) is 7.44. The molecule has 2 aliphatic rings. The summed E-state index contributed by atoms with van der Waals surface area (Å²) in [4.78, 5) is 40.3. The van der Waals surface area contributed by atoms with E-state index in [-0.39, 0.29) is 24.5 Å². The van der Waals surface area contributed by atoms with Crippen LogP contribution in [0.1, 0.15) is 54.3 Å². The number of Topliss-reactive ketones (excluding diaryl/α,β-unsaturated/α-hetero) is 1. The van der Waals surface area contributed by atoms with Crippen molar-refractivity contribution in [2.45, 2.75) is 43.8 Å². The maximum Gasteiger partial charge on any atom is 0.416 e. The van der Waals surface area contributed by atoms with Crippen LogP contribution in [-0.4, -0.2) is 24.8 Å². The second-order valence-electron chi connectivity index (χ2n) is 9.99. The number of methoxy groups -OCH3 is 1. The molecule has 0 fully saturated rings. The van der Waals surface area contributed by atoms with Crippen molar-refractivity contribution in [2.24, 2.45) is 0 Å². The lowest BCUT2D eigenvalue weighted by Crippen LogP contribution is -2.39. The lowest BCUT2D eigenvalue weighted by molar-refractivity contribution is -0.305. The number of carbonyl (C=O) groups is 3. The predicted molar refractivity (Wildman–Crippen MR) is 143 cm³/mol. The summed E-state index contributed by atoms with van der Waals surface area (Å²) in [5, 5.41) is 14.5. The van der Waals surface area contributed by atoms with Gasteiger partial charge in [0.15, 0.2) is 5.78 Å². The molecule has 0 spiro atoms. The highest BCUT2D eigenvalue weighted by atomic mass is 19.4. The number of nitrogens with one attached hydrogen (secondary N) is 1. The minimum atomic E-state index is -4.47. The van der Waals surface area contributed by atoms with E-state index in [2.05, 4.69) is 5.32 Å². The van der Waals surface area contributed by atoms with Gasteiger partial charge in [0.25, 0.3) is 0 Å². The van der Waals surface area contributed by atoms with Crippen LogP contribution in [0.25, 0.3) is 0 Å². The number of carbonyl (C=O) groups excluding carboxylic acids is 3. The summed E-state index contributed by atoms with van der Waals surface area (Å²) >= 11 is 0. The molecule has 0 unspecified atom stereocenters. The standard InChI is InChI=1S/C31H27F3N2O5/c1-41-22-12-8-19(9-13-22)30-29-24(16-20(17-26(29)37)18-6-10-21(11-7-18)31(32,33)34)35-23-4-2-3-5-25(23)36(30)27(38)14-15-28(39)40/h2-13,20,30,35H,14-17H2,1H3,(H,39,40)/p-1/t20-,30-/m1/s1. The Morgan fingerprint density at radius 3 is 2.24 bits per heavy atom. The van der Waals surface area contributed by atoms with Crippen LogP contribution in [0.3, 0.4) is 0 Å². The van der Waals surface area contributed by atoms with Crippen molar-refractivity contribution in [3.8, 4) is 5.75 Å². The summed E-state index contributed by atoms with van der Waals surface area (Å²) in [5.41, 5.74) is 2.34. The number of nitrogens with zero attached hydrogens (tertiary/aromatic N) is 1. The number of aliphatic carboxylic acids is 1. The number of para-hydroxylation sites is 2. The van der Waals surface area contributed by atoms with Crippen LogP contribution in [0.5, 0.6) is 5.75 Å². The number of halogens is 3. The second-order valence-corrected chi connectivity index (χ2v) is 9.99. The summed E-state index contributed by atoms with van der Waals surface area (Å²) in [6.07, 6.45) is -4.96. The molecule has 41 heavy (non-hydrogen) atoms. The normalized spacial score (nSPS) is 18.6. The van der Waals surface area contributed by atoms with Gasteiger partial charge in [0, 0.05) is 30.1 Å². The topological polar surface area (TPSA) is 98.8 Å². The van der Waals surface area contributed by atoms with Crippen LogP contribution in [-0.2, 0) is 20.6 Å². The summed E-state index contributed by atoms with van der Waals surface area (Å²) in [6, 6.07) is 17.8. The molecule has 0 saturated carbocycles. The quantitative estimate of drug-likeness (QED) is 0.446. The lowest BCUT2D eigenvalue weighted by Gasteiger charge is -2.35. The van der Waals surface area contributed by atoms with Crippen molar-refractivity contribution in [1.29, 1.82) is 0 Å². The zero-order valence-corrected chi connectivity index (χ0v) is 22.0. The van der Waals surface area contributed by atoms with Crippen molar-refractivity contribution in [2.75, 3.05) is 17.3 Å². The van der Waals surface area contributed by atoms with E-state index in [9.17, 15) is 32.7 Å². The highest BCUT2D eigenvalue weighted by molar-refractivity contribution is 6.06. The first-order chi connectivity index (χ1) is 19.6. The van der Waals surface area contributed by atoms with E-state index in [1.54, 1.807) is 48.5 Å².